The molecular weight excluding hydrogens is 164 g/mol. The molecule has 0 amide bonds. The number of carbonyl (C=O) groups is 1. The van der Waals surface area contributed by atoms with Gasteiger partial charge in [0, 0.05) is 0 Å². The fourth-order valence-electron chi connectivity index (χ4n) is 2.16. The van der Waals surface area contributed by atoms with E-state index in [0.717, 1.165) is 6.42 Å². The Morgan fingerprint density at radius 2 is 2.23 bits per heavy atom. The van der Waals surface area contributed by atoms with Gasteiger partial charge in [0.05, 0.1) is 5.92 Å². The maximum Gasteiger partial charge on any atom is 0.306 e. The highest BCUT2D eigenvalue weighted by molar-refractivity contribution is 5.70. The zero-order valence-electron chi connectivity index (χ0n) is 8.79. The Labute approximate surface area is 79.6 Å². The monoisotopic (exact) mass is 182 g/mol. The van der Waals surface area contributed by atoms with E-state index in [0.29, 0.717) is 0 Å². The third-order valence-corrected chi connectivity index (χ3v) is 3.61. The number of carboxylic acids is 1. The van der Waals surface area contributed by atoms with Crippen LogP contribution >= 0.6 is 0 Å². The molecule has 0 aromatic rings. The van der Waals surface area contributed by atoms with Gasteiger partial charge in [-0.2, -0.15) is 0 Å². The summed E-state index contributed by atoms with van der Waals surface area (Å²) in [6.45, 7) is 8.17. The fourth-order valence-corrected chi connectivity index (χ4v) is 2.16. The Kier molecular flexibility index (Phi) is 2.51. The predicted molar refractivity (Wildman–Crippen MR) is 52.4 cm³/mol. The lowest BCUT2D eigenvalue weighted by Crippen LogP contribution is -2.30. The average Bonchev–Trinajstić information content (AvgIpc) is 2.26. The summed E-state index contributed by atoms with van der Waals surface area (Å²) in [5.74, 6) is -0.671. The quantitative estimate of drug-likeness (QED) is 0.667. The molecule has 0 saturated carbocycles. The van der Waals surface area contributed by atoms with Crippen molar-refractivity contribution in [3.63, 3.8) is 0 Å². The Hall–Kier alpha value is -0.790. The molecule has 0 aromatic carbocycles. The first-order chi connectivity index (χ1) is 5.87. The normalized spacial score (nSPS) is 28.3. The van der Waals surface area contributed by atoms with Crippen molar-refractivity contribution < 1.29 is 9.90 Å². The maximum absolute atomic E-state index is 10.9. The second-order valence-corrected chi connectivity index (χ2v) is 4.58. The van der Waals surface area contributed by atoms with Crippen LogP contribution in [0.25, 0.3) is 0 Å². The van der Waals surface area contributed by atoms with E-state index in [2.05, 4.69) is 26.8 Å². The van der Waals surface area contributed by atoms with Crippen LogP contribution in [0.4, 0.5) is 0 Å². The summed E-state index contributed by atoms with van der Waals surface area (Å²) in [4.78, 5) is 10.9. The lowest BCUT2D eigenvalue weighted by Gasteiger charge is -2.32. The molecule has 13 heavy (non-hydrogen) atoms. The summed E-state index contributed by atoms with van der Waals surface area (Å²) in [6.07, 6.45) is 3.08. The van der Waals surface area contributed by atoms with E-state index in [1.165, 1.54) is 5.57 Å². The highest BCUT2D eigenvalue weighted by atomic mass is 16.4. The summed E-state index contributed by atoms with van der Waals surface area (Å²) >= 11 is 0. The molecule has 2 unspecified atom stereocenters. The molecule has 0 spiro atoms. The maximum atomic E-state index is 10.9. The van der Waals surface area contributed by atoms with Crippen molar-refractivity contribution in [2.45, 2.75) is 34.1 Å². The van der Waals surface area contributed by atoms with Crippen LogP contribution in [0.15, 0.2) is 11.6 Å². The standard InChI is InChI=1S/C11H18O2/c1-7-5-6-9(11(7,3)4)8(2)10(12)13/h5,8-9H,6H2,1-4H3,(H,12,13). The van der Waals surface area contributed by atoms with Crippen LogP contribution in [0, 0.1) is 17.3 Å². The molecule has 1 N–H and O–H groups in total. The van der Waals surface area contributed by atoms with Gasteiger partial charge < -0.3 is 5.11 Å². The van der Waals surface area contributed by atoms with Gasteiger partial charge >= 0.3 is 5.97 Å². The number of hydrogen-bond donors (Lipinski definition) is 1. The first kappa shape index (κ1) is 10.3. The van der Waals surface area contributed by atoms with E-state index in [4.69, 9.17) is 5.11 Å². The molecular formula is C11H18O2. The number of rotatable bonds is 2. The van der Waals surface area contributed by atoms with Crippen molar-refractivity contribution >= 4 is 5.97 Å². The van der Waals surface area contributed by atoms with Crippen LogP contribution in [0.5, 0.6) is 0 Å². The summed E-state index contributed by atoms with van der Waals surface area (Å²) in [5.41, 5.74) is 1.38. The molecule has 2 nitrogen and oxygen atoms in total. The van der Waals surface area contributed by atoms with Gasteiger partial charge in [0.25, 0.3) is 0 Å². The highest BCUT2D eigenvalue weighted by Gasteiger charge is 2.40. The van der Waals surface area contributed by atoms with E-state index in [9.17, 15) is 4.79 Å². The van der Waals surface area contributed by atoms with Gasteiger partial charge in [0.2, 0.25) is 0 Å². The van der Waals surface area contributed by atoms with Crippen LogP contribution in [-0.4, -0.2) is 11.1 Å². The minimum Gasteiger partial charge on any atom is -0.481 e. The number of aliphatic carboxylic acids is 1. The molecule has 0 fully saturated rings. The van der Waals surface area contributed by atoms with Crippen LogP contribution < -0.4 is 0 Å². The van der Waals surface area contributed by atoms with Crippen LogP contribution in [-0.2, 0) is 4.79 Å². The molecule has 2 heteroatoms. The third kappa shape index (κ3) is 1.62. The predicted octanol–water partition coefficient (Wildman–Crippen LogP) is 2.70. The van der Waals surface area contributed by atoms with E-state index >= 15 is 0 Å². The van der Waals surface area contributed by atoms with E-state index in [-0.39, 0.29) is 17.3 Å². The van der Waals surface area contributed by atoms with Crippen molar-refractivity contribution in [2.75, 3.05) is 0 Å². The second kappa shape index (κ2) is 3.17. The van der Waals surface area contributed by atoms with E-state index in [1.807, 2.05) is 0 Å². The van der Waals surface area contributed by atoms with Gasteiger partial charge in [0.15, 0.2) is 0 Å². The Morgan fingerprint density at radius 3 is 2.54 bits per heavy atom. The third-order valence-electron chi connectivity index (χ3n) is 3.61. The minimum atomic E-state index is -0.679. The van der Waals surface area contributed by atoms with Gasteiger partial charge in [-0.3, -0.25) is 4.79 Å². The summed E-state index contributed by atoms with van der Waals surface area (Å²) < 4.78 is 0. The zero-order chi connectivity index (χ0) is 10.2. The van der Waals surface area contributed by atoms with Gasteiger partial charge in [-0.15, -0.1) is 0 Å². The van der Waals surface area contributed by atoms with Gasteiger partial charge in [-0.25, -0.2) is 0 Å². The van der Waals surface area contributed by atoms with Crippen LogP contribution in [0.3, 0.4) is 0 Å². The number of hydrogen-bond acceptors (Lipinski definition) is 1. The molecule has 0 bridgehead atoms. The van der Waals surface area contributed by atoms with Gasteiger partial charge in [-0.05, 0) is 24.7 Å². The topological polar surface area (TPSA) is 37.3 Å². The molecule has 0 saturated heterocycles. The Bertz CT molecular complexity index is 251. The molecule has 0 radical (unpaired) electrons. The molecule has 1 aliphatic carbocycles. The molecule has 0 heterocycles. The summed E-state index contributed by atoms with van der Waals surface area (Å²) in [7, 11) is 0. The number of carboxylic acid groups (broad SMARTS) is 1. The highest BCUT2D eigenvalue weighted by Crippen LogP contribution is 2.46. The Morgan fingerprint density at radius 1 is 1.69 bits per heavy atom. The largest absolute Gasteiger partial charge is 0.481 e. The van der Waals surface area contributed by atoms with Gasteiger partial charge in [-0.1, -0.05) is 32.4 Å². The van der Waals surface area contributed by atoms with E-state index in [1.54, 1.807) is 6.92 Å². The molecule has 2 atom stereocenters. The molecule has 1 aliphatic rings. The summed E-state index contributed by atoms with van der Waals surface area (Å²) in [6, 6.07) is 0. The zero-order valence-corrected chi connectivity index (χ0v) is 8.79. The van der Waals surface area contributed by atoms with Crippen molar-refractivity contribution in [3.05, 3.63) is 11.6 Å². The van der Waals surface area contributed by atoms with E-state index < -0.39 is 5.97 Å². The molecule has 74 valence electrons. The first-order valence-corrected chi connectivity index (χ1v) is 4.77. The van der Waals surface area contributed by atoms with Crippen molar-refractivity contribution in [1.82, 2.24) is 0 Å². The SMILES string of the molecule is CC1=CCC(C(C)C(=O)O)C1(C)C. The van der Waals surface area contributed by atoms with Crippen LogP contribution in [0.2, 0.25) is 0 Å². The smallest absolute Gasteiger partial charge is 0.306 e. The molecule has 1 rings (SSSR count). The lowest BCUT2D eigenvalue weighted by atomic mass is 9.72. The minimum absolute atomic E-state index is 0.0534. The Balaban J connectivity index is 2.82. The second-order valence-electron chi connectivity index (χ2n) is 4.58. The number of allylic oxidation sites excluding steroid dienone is 2. The first-order valence-electron chi connectivity index (χ1n) is 4.77. The molecule has 0 aromatic heterocycles. The van der Waals surface area contributed by atoms with Crippen LogP contribution in [0.1, 0.15) is 34.1 Å². The van der Waals surface area contributed by atoms with Crippen molar-refractivity contribution in [3.8, 4) is 0 Å². The van der Waals surface area contributed by atoms with Crippen molar-refractivity contribution in [1.29, 1.82) is 0 Å². The van der Waals surface area contributed by atoms with Gasteiger partial charge in [0.1, 0.15) is 0 Å². The molecule has 0 aliphatic heterocycles. The summed E-state index contributed by atoms with van der Waals surface area (Å²) in [5, 5.41) is 8.94. The van der Waals surface area contributed by atoms with Crippen molar-refractivity contribution in [2.24, 2.45) is 17.3 Å². The average molecular weight is 182 g/mol. The fraction of sp³-hybridized carbons (Fsp3) is 0.727. The lowest BCUT2D eigenvalue weighted by molar-refractivity contribution is -0.144.